The van der Waals surface area contributed by atoms with Crippen molar-refractivity contribution in [3.05, 3.63) is 46.5 Å². The van der Waals surface area contributed by atoms with Crippen LogP contribution in [0.4, 0.5) is 18.9 Å². The van der Waals surface area contributed by atoms with E-state index in [2.05, 4.69) is 34.1 Å². The van der Waals surface area contributed by atoms with Gasteiger partial charge in [0.05, 0.1) is 24.8 Å². The predicted molar refractivity (Wildman–Crippen MR) is 140 cm³/mol. The number of hydrogen-bond donors (Lipinski definition) is 0. The van der Waals surface area contributed by atoms with Crippen LogP contribution in [0, 0.1) is 11.8 Å². The van der Waals surface area contributed by atoms with Gasteiger partial charge in [0.15, 0.2) is 11.5 Å². The Labute approximate surface area is 221 Å². The fraction of sp³-hybridized carbons (Fsp3) is 0.533. The number of halogens is 3. The van der Waals surface area contributed by atoms with Crippen molar-refractivity contribution >= 4 is 17.5 Å². The van der Waals surface area contributed by atoms with Gasteiger partial charge in [0.2, 0.25) is 6.79 Å². The van der Waals surface area contributed by atoms with E-state index in [0.29, 0.717) is 19.0 Å². The lowest BCUT2D eigenvalue weighted by Gasteiger charge is -2.47. The Morgan fingerprint density at radius 2 is 1.68 bits per heavy atom. The van der Waals surface area contributed by atoms with Crippen molar-refractivity contribution in [3.8, 4) is 17.2 Å². The first-order valence-corrected chi connectivity index (χ1v) is 13.9. The highest BCUT2D eigenvalue weighted by molar-refractivity contribution is 5.89. The molecule has 0 spiro atoms. The van der Waals surface area contributed by atoms with E-state index in [9.17, 15) is 13.2 Å². The average Bonchev–Trinajstić information content (AvgIpc) is 3.61. The van der Waals surface area contributed by atoms with Gasteiger partial charge in [0.25, 0.3) is 0 Å². The standard InChI is InChI=1S/C30H33F3N2O3/c1-36-24-7-6-20-14-23-22-16-26-25(37-17-38-26)15-19(22)8-13-35(23)28(18-4-2-3-5-18)27(20)29(24)34-11-9-21(10-12-34)30(31,32)33/h6-7,14-16,18,21,28H,2-5,8-13,17H2,1H3/t28-/m0/s1. The first-order chi connectivity index (χ1) is 18.4. The molecule has 1 saturated heterocycles. The molecule has 202 valence electrons. The summed E-state index contributed by atoms with van der Waals surface area (Å²) in [6.07, 6.45) is 4.05. The summed E-state index contributed by atoms with van der Waals surface area (Å²) in [4.78, 5) is 4.73. The number of nitrogens with zero attached hydrogens (tertiary/aromatic N) is 2. The number of fused-ring (bicyclic) bond motifs is 5. The molecule has 8 heteroatoms. The summed E-state index contributed by atoms with van der Waals surface area (Å²) in [6.45, 7) is 1.92. The highest BCUT2D eigenvalue weighted by atomic mass is 19.4. The lowest BCUT2D eigenvalue weighted by molar-refractivity contribution is -0.179. The first kappa shape index (κ1) is 24.0. The van der Waals surface area contributed by atoms with E-state index >= 15 is 0 Å². The van der Waals surface area contributed by atoms with Crippen LogP contribution in [0.1, 0.15) is 66.8 Å². The lowest BCUT2D eigenvalue weighted by atomic mass is 9.79. The second-order valence-corrected chi connectivity index (χ2v) is 11.2. The molecule has 0 amide bonds. The van der Waals surface area contributed by atoms with Gasteiger partial charge in [-0.25, -0.2) is 0 Å². The van der Waals surface area contributed by atoms with Crippen molar-refractivity contribution in [2.24, 2.45) is 11.8 Å². The molecule has 0 unspecified atom stereocenters. The minimum absolute atomic E-state index is 0.121. The smallest absolute Gasteiger partial charge is 0.391 e. The molecule has 0 aromatic heterocycles. The van der Waals surface area contributed by atoms with Gasteiger partial charge < -0.3 is 24.0 Å². The number of piperidine rings is 1. The van der Waals surface area contributed by atoms with Crippen molar-refractivity contribution in [2.45, 2.75) is 57.2 Å². The Kier molecular flexibility index (Phi) is 5.71. The molecule has 2 aromatic rings. The second kappa shape index (κ2) is 9.02. The summed E-state index contributed by atoms with van der Waals surface area (Å²) in [7, 11) is 1.67. The molecule has 5 aliphatic rings. The SMILES string of the molecule is COc1ccc2c(c1N1CCC(C(F)(F)F)CC1)[C@H](C1CCCC1)N1CCc3cc4c(cc3C1=C2)OCO4. The quantitative estimate of drug-likeness (QED) is 0.439. The summed E-state index contributed by atoms with van der Waals surface area (Å²) in [5.74, 6) is 1.63. The molecule has 0 radical (unpaired) electrons. The number of benzene rings is 2. The van der Waals surface area contributed by atoms with Crippen LogP contribution in [0.5, 0.6) is 17.2 Å². The fourth-order valence-corrected chi connectivity index (χ4v) is 7.42. The molecule has 1 atom stereocenters. The van der Waals surface area contributed by atoms with Crippen LogP contribution in [0.15, 0.2) is 24.3 Å². The number of ether oxygens (including phenoxy) is 3. The lowest BCUT2D eigenvalue weighted by Crippen LogP contribution is -2.42. The monoisotopic (exact) mass is 526 g/mol. The Morgan fingerprint density at radius 1 is 0.947 bits per heavy atom. The predicted octanol–water partition coefficient (Wildman–Crippen LogP) is 6.80. The molecular formula is C30H33F3N2O3. The molecule has 7 rings (SSSR count). The summed E-state index contributed by atoms with van der Waals surface area (Å²) in [5, 5.41) is 0. The van der Waals surface area contributed by atoms with E-state index < -0.39 is 12.1 Å². The van der Waals surface area contributed by atoms with Gasteiger partial charge >= 0.3 is 6.18 Å². The average molecular weight is 527 g/mol. The first-order valence-electron chi connectivity index (χ1n) is 13.9. The van der Waals surface area contributed by atoms with Crippen LogP contribution in [-0.2, 0) is 6.42 Å². The van der Waals surface area contributed by atoms with Crippen LogP contribution < -0.4 is 19.1 Å². The largest absolute Gasteiger partial charge is 0.495 e. The molecule has 0 bridgehead atoms. The van der Waals surface area contributed by atoms with Crippen LogP contribution in [0.3, 0.4) is 0 Å². The van der Waals surface area contributed by atoms with E-state index in [4.69, 9.17) is 14.2 Å². The molecule has 5 nitrogen and oxygen atoms in total. The van der Waals surface area contributed by atoms with Crippen molar-refractivity contribution in [1.29, 1.82) is 0 Å². The van der Waals surface area contributed by atoms with Crippen LogP contribution in [0.2, 0.25) is 0 Å². The molecule has 38 heavy (non-hydrogen) atoms. The molecule has 0 N–H and O–H groups in total. The Morgan fingerprint density at radius 3 is 2.39 bits per heavy atom. The number of methoxy groups -OCH3 is 1. The van der Waals surface area contributed by atoms with Crippen LogP contribution >= 0.6 is 0 Å². The van der Waals surface area contributed by atoms with Gasteiger partial charge in [-0.3, -0.25) is 0 Å². The van der Waals surface area contributed by atoms with Crippen LogP contribution in [-0.4, -0.2) is 44.6 Å². The summed E-state index contributed by atoms with van der Waals surface area (Å²) in [5.41, 5.74) is 7.04. The van der Waals surface area contributed by atoms with E-state index in [1.165, 1.54) is 35.2 Å². The molecule has 1 saturated carbocycles. The molecule has 4 heterocycles. The van der Waals surface area contributed by atoms with Crippen molar-refractivity contribution in [1.82, 2.24) is 4.90 Å². The topological polar surface area (TPSA) is 34.2 Å². The van der Waals surface area contributed by atoms with Crippen LogP contribution in [0.25, 0.3) is 11.8 Å². The summed E-state index contributed by atoms with van der Waals surface area (Å²) < 4.78 is 57.7. The van der Waals surface area contributed by atoms with E-state index in [0.717, 1.165) is 54.3 Å². The van der Waals surface area contributed by atoms with Gasteiger partial charge in [0.1, 0.15) is 5.75 Å². The normalized spacial score (nSPS) is 23.2. The van der Waals surface area contributed by atoms with Gasteiger partial charge in [-0.15, -0.1) is 0 Å². The Bertz CT molecular complexity index is 1280. The molecule has 1 aliphatic carbocycles. The molecular weight excluding hydrogens is 493 g/mol. The summed E-state index contributed by atoms with van der Waals surface area (Å²) in [6, 6.07) is 8.54. The Hall–Kier alpha value is -3.03. The number of hydrogen-bond acceptors (Lipinski definition) is 5. The molecule has 2 aromatic carbocycles. The number of anilines is 1. The Balaban J connectivity index is 1.36. The van der Waals surface area contributed by atoms with E-state index in [1.807, 2.05) is 6.07 Å². The maximum atomic E-state index is 13.5. The van der Waals surface area contributed by atoms with Gasteiger partial charge in [-0.05, 0) is 73.4 Å². The zero-order chi connectivity index (χ0) is 26.0. The number of rotatable bonds is 3. The van der Waals surface area contributed by atoms with Crippen molar-refractivity contribution in [2.75, 3.05) is 38.4 Å². The van der Waals surface area contributed by atoms with Gasteiger partial charge in [-0.2, -0.15) is 13.2 Å². The highest BCUT2D eigenvalue weighted by Gasteiger charge is 2.44. The number of alkyl halides is 3. The highest BCUT2D eigenvalue weighted by Crippen LogP contribution is 2.55. The zero-order valence-corrected chi connectivity index (χ0v) is 21.7. The maximum Gasteiger partial charge on any atom is 0.391 e. The van der Waals surface area contributed by atoms with E-state index in [-0.39, 0.29) is 25.7 Å². The molecule has 4 aliphatic heterocycles. The summed E-state index contributed by atoms with van der Waals surface area (Å²) >= 11 is 0. The van der Waals surface area contributed by atoms with E-state index in [1.54, 1.807) is 7.11 Å². The maximum absolute atomic E-state index is 13.5. The van der Waals surface area contributed by atoms with Crippen molar-refractivity contribution in [3.63, 3.8) is 0 Å². The third kappa shape index (κ3) is 3.82. The molecule has 2 fully saturated rings. The minimum atomic E-state index is -4.13. The third-order valence-corrected chi connectivity index (χ3v) is 9.28. The zero-order valence-electron chi connectivity index (χ0n) is 21.7. The fourth-order valence-electron chi connectivity index (χ4n) is 7.42. The van der Waals surface area contributed by atoms with Gasteiger partial charge in [0, 0.05) is 36.5 Å². The van der Waals surface area contributed by atoms with Crippen molar-refractivity contribution < 1.29 is 27.4 Å². The van der Waals surface area contributed by atoms with Gasteiger partial charge in [-0.1, -0.05) is 18.9 Å². The third-order valence-electron chi connectivity index (χ3n) is 9.28. The second-order valence-electron chi connectivity index (χ2n) is 11.2. The minimum Gasteiger partial charge on any atom is -0.495 e.